The largest absolute Gasteiger partial charge is 0.368 e. The van der Waals surface area contributed by atoms with Gasteiger partial charge in [0.25, 0.3) is 0 Å². The molecule has 18 heavy (non-hydrogen) atoms. The van der Waals surface area contributed by atoms with Gasteiger partial charge in [0.1, 0.15) is 0 Å². The van der Waals surface area contributed by atoms with Gasteiger partial charge in [-0.3, -0.25) is 4.79 Å². The zero-order valence-corrected chi connectivity index (χ0v) is 12.8. The number of amides is 1. The van der Waals surface area contributed by atoms with E-state index in [2.05, 4.69) is 19.2 Å². The lowest BCUT2D eigenvalue weighted by atomic mass is 9.97. The van der Waals surface area contributed by atoms with Crippen molar-refractivity contribution in [1.82, 2.24) is 5.32 Å². The van der Waals surface area contributed by atoms with Gasteiger partial charge in [0, 0.05) is 11.3 Å². The average Bonchev–Trinajstić information content (AvgIpc) is 2.29. The molecule has 0 saturated heterocycles. The summed E-state index contributed by atoms with van der Waals surface area (Å²) >= 11 is 2.02. The Morgan fingerprint density at radius 2 is 2.00 bits per heavy atom. The van der Waals surface area contributed by atoms with Gasteiger partial charge in [0.15, 0.2) is 0 Å². The molecule has 0 radical (unpaired) electrons. The summed E-state index contributed by atoms with van der Waals surface area (Å²) in [5.74, 6) is 0.782. The highest BCUT2D eigenvalue weighted by atomic mass is 32.2. The maximum absolute atomic E-state index is 11.6. The Bertz CT molecular complexity index is 265. The van der Waals surface area contributed by atoms with Crippen molar-refractivity contribution in [3.05, 3.63) is 0 Å². The summed E-state index contributed by atoms with van der Waals surface area (Å²) in [6, 6.07) is 0.280. The molecule has 1 aliphatic carbocycles. The number of rotatable bonds is 7. The third-order valence-electron chi connectivity index (χ3n) is 3.66. The predicted molar refractivity (Wildman–Crippen MR) is 79.8 cm³/mol. The van der Waals surface area contributed by atoms with Gasteiger partial charge in [-0.25, -0.2) is 0 Å². The molecular formula is C14H28N2OS. The Balaban J connectivity index is 2.35. The maximum Gasteiger partial charge on any atom is 0.237 e. The molecule has 3 N–H and O–H groups in total. The van der Waals surface area contributed by atoms with Crippen LogP contribution in [0.3, 0.4) is 0 Å². The van der Waals surface area contributed by atoms with Gasteiger partial charge >= 0.3 is 0 Å². The molecule has 3 nitrogen and oxygen atoms in total. The normalized spacial score (nSPS) is 20.9. The quantitative estimate of drug-likeness (QED) is 0.749. The number of thioether (sulfide) groups is 1. The van der Waals surface area contributed by atoms with Crippen LogP contribution in [0.4, 0.5) is 0 Å². The zero-order chi connectivity index (χ0) is 13.6. The molecule has 1 atom stereocenters. The van der Waals surface area contributed by atoms with Crippen LogP contribution < -0.4 is 11.1 Å². The first kappa shape index (κ1) is 15.8. The minimum Gasteiger partial charge on any atom is -0.368 e. The molecule has 1 rings (SSSR count). The number of carbonyl (C=O) groups is 1. The van der Waals surface area contributed by atoms with E-state index in [4.69, 9.17) is 5.73 Å². The molecule has 1 amide bonds. The molecule has 4 heteroatoms. The topological polar surface area (TPSA) is 55.1 Å². The number of hydrogen-bond acceptors (Lipinski definition) is 3. The summed E-state index contributed by atoms with van der Waals surface area (Å²) in [5, 5.41) is 4.11. The van der Waals surface area contributed by atoms with Crippen molar-refractivity contribution in [3.8, 4) is 0 Å². The summed E-state index contributed by atoms with van der Waals surface area (Å²) in [5.41, 5.74) is 4.97. The van der Waals surface area contributed by atoms with Gasteiger partial charge < -0.3 is 11.1 Å². The van der Waals surface area contributed by atoms with Crippen molar-refractivity contribution in [1.29, 1.82) is 0 Å². The van der Waals surface area contributed by atoms with Crippen LogP contribution >= 0.6 is 11.8 Å². The molecule has 0 aromatic heterocycles. The molecule has 0 heterocycles. The SMILES string of the molecule is CC(C)NC(C)(CCSC1CCCCC1)C(N)=O. The molecule has 0 bridgehead atoms. The van der Waals surface area contributed by atoms with E-state index in [1.54, 1.807) is 0 Å². The van der Waals surface area contributed by atoms with Crippen LogP contribution in [-0.4, -0.2) is 28.5 Å². The van der Waals surface area contributed by atoms with Crippen LogP contribution in [-0.2, 0) is 4.79 Å². The Morgan fingerprint density at radius 1 is 1.39 bits per heavy atom. The summed E-state index contributed by atoms with van der Waals surface area (Å²) in [6.07, 6.45) is 7.64. The Hall–Kier alpha value is -0.220. The van der Waals surface area contributed by atoms with Gasteiger partial charge in [-0.05, 0) is 45.8 Å². The Labute approximate surface area is 116 Å². The summed E-state index contributed by atoms with van der Waals surface area (Å²) in [7, 11) is 0. The number of carbonyl (C=O) groups excluding carboxylic acids is 1. The third-order valence-corrected chi connectivity index (χ3v) is 5.04. The standard InChI is InChI=1S/C14H28N2OS/c1-11(2)16-14(3,13(15)17)9-10-18-12-7-5-4-6-8-12/h11-12,16H,4-10H2,1-3H3,(H2,15,17). The first-order valence-corrected chi connectivity index (χ1v) is 8.18. The minimum absolute atomic E-state index is 0.236. The van der Waals surface area contributed by atoms with E-state index in [9.17, 15) is 4.79 Å². The average molecular weight is 272 g/mol. The van der Waals surface area contributed by atoms with Crippen molar-refractivity contribution >= 4 is 17.7 Å². The highest BCUT2D eigenvalue weighted by Gasteiger charge is 2.31. The Morgan fingerprint density at radius 3 is 2.50 bits per heavy atom. The lowest BCUT2D eigenvalue weighted by Crippen LogP contribution is -2.55. The van der Waals surface area contributed by atoms with Crippen LogP contribution in [0.25, 0.3) is 0 Å². The number of primary amides is 1. The molecule has 0 aromatic rings. The van der Waals surface area contributed by atoms with Gasteiger partial charge in [-0.15, -0.1) is 0 Å². The second-order valence-electron chi connectivity index (χ2n) is 5.88. The summed E-state index contributed by atoms with van der Waals surface area (Å²) in [4.78, 5) is 11.6. The molecule has 0 aromatic carbocycles. The van der Waals surface area contributed by atoms with E-state index in [-0.39, 0.29) is 11.9 Å². The molecule has 1 fully saturated rings. The molecule has 1 saturated carbocycles. The van der Waals surface area contributed by atoms with Crippen molar-refractivity contribution in [3.63, 3.8) is 0 Å². The molecule has 106 valence electrons. The van der Waals surface area contributed by atoms with Crippen molar-refractivity contribution in [2.75, 3.05) is 5.75 Å². The predicted octanol–water partition coefficient (Wildman–Crippen LogP) is 2.68. The van der Waals surface area contributed by atoms with Crippen molar-refractivity contribution < 1.29 is 4.79 Å². The monoisotopic (exact) mass is 272 g/mol. The summed E-state index contributed by atoms with van der Waals surface area (Å²) < 4.78 is 0. The molecular weight excluding hydrogens is 244 g/mol. The fraction of sp³-hybridized carbons (Fsp3) is 0.929. The van der Waals surface area contributed by atoms with E-state index < -0.39 is 5.54 Å². The minimum atomic E-state index is -0.560. The van der Waals surface area contributed by atoms with Crippen LogP contribution in [0.5, 0.6) is 0 Å². The van der Waals surface area contributed by atoms with E-state index in [1.807, 2.05) is 18.7 Å². The lowest BCUT2D eigenvalue weighted by Gasteiger charge is -2.30. The third kappa shape index (κ3) is 5.19. The zero-order valence-electron chi connectivity index (χ0n) is 12.0. The van der Waals surface area contributed by atoms with Crippen LogP contribution in [0, 0.1) is 0 Å². The number of nitrogens with two attached hydrogens (primary N) is 1. The fourth-order valence-electron chi connectivity index (χ4n) is 2.57. The number of hydrogen-bond donors (Lipinski definition) is 2. The van der Waals surface area contributed by atoms with Gasteiger partial charge in [0.2, 0.25) is 5.91 Å². The highest BCUT2D eigenvalue weighted by Crippen LogP contribution is 2.29. The molecule has 1 unspecified atom stereocenters. The second kappa shape index (κ2) is 7.39. The maximum atomic E-state index is 11.6. The van der Waals surface area contributed by atoms with E-state index in [1.165, 1.54) is 32.1 Å². The highest BCUT2D eigenvalue weighted by molar-refractivity contribution is 7.99. The van der Waals surface area contributed by atoms with E-state index in [0.717, 1.165) is 17.4 Å². The second-order valence-corrected chi connectivity index (χ2v) is 7.28. The first-order chi connectivity index (χ1) is 8.44. The van der Waals surface area contributed by atoms with Crippen LogP contribution in [0.1, 0.15) is 59.3 Å². The van der Waals surface area contributed by atoms with Crippen molar-refractivity contribution in [2.24, 2.45) is 5.73 Å². The van der Waals surface area contributed by atoms with E-state index in [0.29, 0.717) is 0 Å². The lowest BCUT2D eigenvalue weighted by molar-refractivity contribution is -0.124. The number of nitrogens with one attached hydrogen (secondary N) is 1. The fourth-order valence-corrected chi connectivity index (χ4v) is 4.09. The van der Waals surface area contributed by atoms with Crippen LogP contribution in [0.2, 0.25) is 0 Å². The molecule has 0 aliphatic heterocycles. The van der Waals surface area contributed by atoms with Crippen LogP contribution in [0.15, 0.2) is 0 Å². The van der Waals surface area contributed by atoms with E-state index >= 15 is 0 Å². The van der Waals surface area contributed by atoms with Crippen molar-refractivity contribution in [2.45, 2.75) is 76.1 Å². The van der Waals surface area contributed by atoms with Gasteiger partial charge in [-0.1, -0.05) is 19.3 Å². The molecule has 1 aliphatic rings. The smallest absolute Gasteiger partial charge is 0.237 e. The Kier molecular flexibility index (Phi) is 6.50. The summed E-state index contributed by atoms with van der Waals surface area (Å²) in [6.45, 7) is 6.03. The van der Waals surface area contributed by atoms with Gasteiger partial charge in [0.05, 0.1) is 5.54 Å². The first-order valence-electron chi connectivity index (χ1n) is 7.13. The van der Waals surface area contributed by atoms with Gasteiger partial charge in [-0.2, -0.15) is 11.8 Å². The molecule has 0 spiro atoms.